The molecule has 18 heteroatoms. The molecular formula is C42H44F6N6O5S. The molecule has 320 valence electrons. The molecule has 0 bridgehead atoms. The fraction of sp³-hybridized carbons (Fsp3) is 0.429. The Kier molecular flexibility index (Phi) is 13.0. The number of benzene rings is 2. The average molecular weight is 859 g/mol. The number of aryl methyl sites for hydroxylation is 2. The predicted octanol–water partition coefficient (Wildman–Crippen LogP) is 9.06. The van der Waals surface area contributed by atoms with Gasteiger partial charge in [0.15, 0.2) is 11.8 Å². The number of amides is 1. The van der Waals surface area contributed by atoms with Crippen molar-refractivity contribution in [3.05, 3.63) is 104 Å². The summed E-state index contributed by atoms with van der Waals surface area (Å²) < 4.78 is 92.7. The van der Waals surface area contributed by atoms with E-state index in [1.165, 1.54) is 49.6 Å². The van der Waals surface area contributed by atoms with Crippen LogP contribution < -0.4 is 4.74 Å². The molecule has 2 aliphatic rings. The van der Waals surface area contributed by atoms with Crippen molar-refractivity contribution in [3.63, 3.8) is 0 Å². The zero-order valence-corrected chi connectivity index (χ0v) is 34.9. The van der Waals surface area contributed by atoms with E-state index in [0.717, 1.165) is 21.3 Å². The van der Waals surface area contributed by atoms with Gasteiger partial charge in [0.1, 0.15) is 47.6 Å². The Morgan fingerprint density at radius 3 is 2.27 bits per heavy atom. The lowest BCUT2D eigenvalue weighted by atomic mass is 9.86. The predicted molar refractivity (Wildman–Crippen MR) is 211 cm³/mol. The zero-order chi connectivity index (χ0) is 43.7. The monoisotopic (exact) mass is 858 g/mol. The molecule has 1 atom stereocenters. The number of likely N-dealkylation sites (tertiary alicyclic amines) is 1. The third-order valence-corrected chi connectivity index (χ3v) is 11.4. The van der Waals surface area contributed by atoms with E-state index < -0.39 is 41.4 Å². The number of carbonyl (C=O) groups excluding carboxylic acids is 2. The summed E-state index contributed by atoms with van der Waals surface area (Å²) in [5.41, 5.74) is 2.33. The maximum absolute atomic E-state index is 14.5. The molecule has 1 fully saturated rings. The number of aromatic nitrogens is 4. The van der Waals surface area contributed by atoms with E-state index in [0.29, 0.717) is 59.7 Å². The van der Waals surface area contributed by atoms with Gasteiger partial charge in [-0.3, -0.25) is 9.48 Å². The van der Waals surface area contributed by atoms with E-state index in [9.17, 15) is 35.9 Å². The van der Waals surface area contributed by atoms with Crippen LogP contribution in [0.4, 0.5) is 26.3 Å². The number of piperidine rings is 1. The average Bonchev–Trinajstić information content (AvgIpc) is 3.95. The van der Waals surface area contributed by atoms with Gasteiger partial charge in [0, 0.05) is 60.3 Å². The van der Waals surface area contributed by atoms with Crippen LogP contribution in [0, 0.1) is 38.2 Å². The van der Waals surface area contributed by atoms with E-state index in [-0.39, 0.29) is 53.6 Å². The molecule has 2 aliphatic heterocycles. The summed E-state index contributed by atoms with van der Waals surface area (Å²) in [5, 5.41) is 10.7. The number of carbonyl (C=O) groups is 2. The third kappa shape index (κ3) is 9.81. The van der Waals surface area contributed by atoms with Gasteiger partial charge in [-0.1, -0.05) is 32.0 Å². The number of nitrogens with zero attached hydrogens (tertiary/aromatic N) is 6. The van der Waals surface area contributed by atoms with Crippen molar-refractivity contribution in [1.82, 2.24) is 24.6 Å². The number of fused-ring (bicyclic) bond motifs is 1. The first kappa shape index (κ1) is 44.2. The fourth-order valence-electron chi connectivity index (χ4n) is 6.85. The topological polar surface area (TPSA) is 121 Å². The van der Waals surface area contributed by atoms with Gasteiger partial charge in [0.05, 0.1) is 16.3 Å². The Hall–Kier alpha value is -5.36. The molecule has 5 aromatic rings. The minimum atomic E-state index is -4.56. The van der Waals surface area contributed by atoms with E-state index in [1.54, 1.807) is 18.7 Å². The SMILES string of the molecule is COCC(=O)Oc1c(C)c(C)nc2c(F)cc(C(C)(C)C)cc12.Cc1cc(C(F)(F)F)nn1CC(=O)N1CCC(c2nc(C3=NOC(c4c(F)cccc4F)C3)cs2)CC1. The number of pyridine rings is 1. The van der Waals surface area contributed by atoms with Crippen molar-refractivity contribution in [3.8, 4) is 5.75 Å². The quantitative estimate of drug-likeness (QED) is 0.112. The lowest BCUT2D eigenvalue weighted by Crippen LogP contribution is -2.40. The first-order valence-corrected chi connectivity index (χ1v) is 20.0. The molecule has 0 saturated carbocycles. The number of esters is 1. The fourth-order valence-corrected chi connectivity index (χ4v) is 7.85. The first-order valence-electron chi connectivity index (χ1n) is 19.1. The molecule has 0 spiro atoms. The van der Waals surface area contributed by atoms with Crippen LogP contribution in [-0.2, 0) is 37.3 Å². The van der Waals surface area contributed by atoms with Crippen molar-refractivity contribution in [2.75, 3.05) is 26.8 Å². The van der Waals surface area contributed by atoms with Gasteiger partial charge in [-0.25, -0.2) is 27.9 Å². The molecule has 3 aromatic heterocycles. The van der Waals surface area contributed by atoms with Crippen molar-refractivity contribution in [2.24, 2.45) is 5.16 Å². The van der Waals surface area contributed by atoms with Crippen molar-refractivity contribution in [1.29, 1.82) is 0 Å². The molecule has 5 heterocycles. The minimum Gasteiger partial charge on any atom is -0.424 e. The molecule has 0 radical (unpaired) electrons. The van der Waals surface area contributed by atoms with E-state index in [1.807, 2.05) is 32.2 Å². The number of hydrogen-bond acceptors (Lipinski definition) is 10. The van der Waals surface area contributed by atoms with Gasteiger partial charge in [-0.15, -0.1) is 11.3 Å². The van der Waals surface area contributed by atoms with E-state index in [4.69, 9.17) is 14.3 Å². The molecule has 7 rings (SSSR count). The highest BCUT2D eigenvalue weighted by Gasteiger charge is 2.35. The number of methoxy groups -OCH3 is 1. The van der Waals surface area contributed by atoms with Crippen LogP contribution >= 0.6 is 11.3 Å². The minimum absolute atomic E-state index is 0.105. The molecule has 2 aromatic carbocycles. The maximum atomic E-state index is 14.5. The molecule has 60 heavy (non-hydrogen) atoms. The number of thiazole rings is 1. The van der Waals surface area contributed by atoms with Crippen LogP contribution in [0.2, 0.25) is 0 Å². The Morgan fingerprint density at radius 1 is 0.967 bits per heavy atom. The summed E-state index contributed by atoms with van der Waals surface area (Å²) in [7, 11) is 1.42. The lowest BCUT2D eigenvalue weighted by Gasteiger charge is -2.31. The number of ether oxygens (including phenoxy) is 2. The van der Waals surface area contributed by atoms with Crippen LogP contribution in [0.15, 0.2) is 46.9 Å². The van der Waals surface area contributed by atoms with E-state index in [2.05, 4.69) is 20.2 Å². The molecule has 11 nitrogen and oxygen atoms in total. The number of halogens is 6. The van der Waals surface area contributed by atoms with Crippen molar-refractivity contribution >= 4 is 39.8 Å². The van der Waals surface area contributed by atoms with Crippen molar-refractivity contribution in [2.45, 2.75) is 91.0 Å². The van der Waals surface area contributed by atoms with Gasteiger partial charge in [0.25, 0.3) is 0 Å². The number of rotatable bonds is 8. The Labute approximate surface area is 346 Å². The summed E-state index contributed by atoms with van der Waals surface area (Å²) in [5.74, 6) is -2.16. The van der Waals surface area contributed by atoms with Crippen LogP contribution in [0.1, 0.15) is 96.5 Å². The van der Waals surface area contributed by atoms with Gasteiger partial charge in [-0.2, -0.15) is 18.3 Å². The van der Waals surface area contributed by atoms with Crippen LogP contribution in [0.3, 0.4) is 0 Å². The number of hydrogen-bond donors (Lipinski definition) is 0. The second-order valence-corrected chi connectivity index (χ2v) is 16.6. The van der Waals surface area contributed by atoms with Gasteiger partial charge in [0.2, 0.25) is 5.91 Å². The first-order chi connectivity index (χ1) is 28.2. The second-order valence-electron chi connectivity index (χ2n) is 15.7. The smallest absolute Gasteiger partial charge is 0.424 e. The number of alkyl halides is 3. The lowest BCUT2D eigenvalue weighted by molar-refractivity contribution is -0.142. The normalized spacial score (nSPS) is 16.1. The number of oxime groups is 1. The molecule has 0 N–H and O–H groups in total. The van der Waals surface area contributed by atoms with Gasteiger partial charge < -0.3 is 19.2 Å². The highest BCUT2D eigenvalue weighted by atomic mass is 32.1. The third-order valence-electron chi connectivity index (χ3n) is 10.4. The molecule has 1 unspecified atom stereocenters. The van der Waals surface area contributed by atoms with Crippen LogP contribution in [0.5, 0.6) is 5.75 Å². The molecule has 1 saturated heterocycles. The summed E-state index contributed by atoms with van der Waals surface area (Å²) in [6.07, 6.45) is -3.93. The van der Waals surface area contributed by atoms with Crippen LogP contribution in [0.25, 0.3) is 10.9 Å². The largest absolute Gasteiger partial charge is 0.435 e. The Bertz CT molecular complexity index is 2410. The second kappa shape index (κ2) is 17.7. The standard InChI is InChI=1S/C24H22F5N5O2S.C18H22FNO3/c1-13-9-20(24(27,28)29)31-34(13)11-21(35)33-7-5-14(6-8-33)23-30-18(12-37-23)17-10-19(36-32-17)22-15(25)3-2-4-16(22)26;1-10-11(2)20-16-13(17(10)23-15(21)9-22-6)7-12(8-14(16)19)18(3,4)5/h2-4,9,12,14,19H,5-8,10-11H2,1H3;7-8H,9H2,1-6H3. The molecule has 0 aliphatic carbocycles. The van der Waals surface area contributed by atoms with E-state index >= 15 is 0 Å². The van der Waals surface area contributed by atoms with Gasteiger partial charge >= 0.3 is 12.1 Å². The summed E-state index contributed by atoms with van der Waals surface area (Å²) in [4.78, 5) is 40.4. The maximum Gasteiger partial charge on any atom is 0.435 e. The zero-order valence-electron chi connectivity index (χ0n) is 34.0. The highest BCUT2D eigenvalue weighted by Crippen LogP contribution is 2.37. The Morgan fingerprint density at radius 2 is 1.65 bits per heavy atom. The molecular weight excluding hydrogens is 815 g/mol. The summed E-state index contributed by atoms with van der Waals surface area (Å²) in [6, 6.07) is 7.90. The molecule has 1 amide bonds. The summed E-state index contributed by atoms with van der Waals surface area (Å²) >= 11 is 1.45. The summed E-state index contributed by atoms with van der Waals surface area (Å²) in [6.45, 7) is 11.5. The highest BCUT2D eigenvalue weighted by molar-refractivity contribution is 7.10. The van der Waals surface area contributed by atoms with Crippen molar-refractivity contribution < 1.29 is 50.2 Å². The Balaban J connectivity index is 0.000000226. The van der Waals surface area contributed by atoms with Gasteiger partial charge in [-0.05, 0) is 74.9 Å². The van der Waals surface area contributed by atoms with Crippen LogP contribution in [-0.4, -0.2) is 69.0 Å².